The van der Waals surface area contributed by atoms with Crippen molar-refractivity contribution in [3.05, 3.63) is 0 Å². The number of hydrogen-bond acceptors (Lipinski definition) is 5. The van der Waals surface area contributed by atoms with Crippen LogP contribution in [0.5, 0.6) is 0 Å². The maximum atomic E-state index is 6.09. The van der Waals surface area contributed by atoms with Crippen LogP contribution in [0.4, 0.5) is 0 Å². The standard InChI is InChI=1S/C19H37N3O4.HI/c1-20-19(21-9-5-12-24-15-14-23-2)22-10-7-17(8-11-22)26-16-18-6-3-4-13-25-18;/h17-18H,3-16H2,1-2H3,(H,20,21);1H. The second kappa shape index (κ2) is 15.7. The molecule has 0 amide bonds. The summed E-state index contributed by atoms with van der Waals surface area (Å²) in [6, 6.07) is 0. The zero-order valence-electron chi connectivity index (χ0n) is 17.0. The smallest absolute Gasteiger partial charge is 0.193 e. The molecule has 8 heteroatoms. The fraction of sp³-hybridized carbons (Fsp3) is 0.947. The molecule has 1 atom stereocenters. The summed E-state index contributed by atoms with van der Waals surface area (Å²) < 4.78 is 22.3. The number of halogens is 1. The lowest BCUT2D eigenvalue weighted by Crippen LogP contribution is -2.47. The Morgan fingerprint density at radius 1 is 1.15 bits per heavy atom. The molecule has 0 radical (unpaired) electrons. The molecule has 2 heterocycles. The first kappa shape index (κ1) is 24.9. The van der Waals surface area contributed by atoms with Crippen LogP contribution in [0.15, 0.2) is 4.99 Å². The average Bonchev–Trinajstić information content (AvgIpc) is 2.70. The lowest BCUT2D eigenvalue weighted by atomic mass is 10.1. The van der Waals surface area contributed by atoms with Crippen LogP contribution >= 0.6 is 24.0 Å². The number of aliphatic imine (C=N–C) groups is 1. The SMILES string of the molecule is CN=C(NCCCOCCOC)N1CCC(OCC2CCCCO2)CC1.I. The van der Waals surface area contributed by atoms with Gasteiger partial charge in [-0.25, -0.2) is 0 Å². The minimum absolute atomic E-state index is 0. The highest BCUT2D eigenvalue weighted by Gasteiger charge is 2.23. The molecule has 0 aromatic heterocycles. The van der Waals surface area contributed by atoms with Gasteiger partial charge in [0.15, 0.2) is 5.96 Å². The highest BCUT2D eigenvalue weighted by atomic mass is 127. The van der Waals surface area contributed by atoms with Gasteiger partial charge in [-0.1, -0.05) is 0 Å². The Hall–Kier alpha value is -0.160. The summed E-state index contributed by atoms with van der Waals surface area (Å²) in [5.41, 5.74) is 0. The molecule has 27 heavy (non-hydrogen) atoms. The lowest BCUT2D eigenvalue weighted by Gasteiger charge is -2.35. The van der Waals surface area contributed by atoms with E-state index in [4.69, 9.17) is 18.9 Å². The molecule has 7 nitrogen and oxygen atoms in total. The van der Waals surface area contributed by atoms with E-state index in [2.05, 4.69) is 15.2 Å². The van der Waals surface area contributed by atoms with Crippen LogP contribution in [0.25, 0.3) is 0 Å². The van der Waals surface area contributed by atoms with Gasteiger partial charge < -0.3 is 29.2 Å². The number of methoxy groups -OCH3 is 1. The number of guanidine groups is 1. The summed E-state index contributed by atoms with van der Waals surface area (Å²) in [6.45, 7) is 6.54. The molecule has 2 aliphatic rings. The molecule has 1 N–H and O–H groups in total. The second-order valence-electron chi connectivity index (χ2n) is 6.94. The monoisotopic (exact) mass is 499 g/mol. The van der Waals surface area contributed by atoms with Crippen molar-refractivity contribution in [2.75, 3.05) is 66.8 Å². The summed E-state index contributed by atoms with van der Waals surface area (Å²) in [5, 5.41) is 3.43. The van der Waals surface area contributed by atoms with Crippen LogP contribution < -0.4 is 5.32 Å². The van der Waals surface area contributed by atoms with Crippen molar-refractivity contribution in [2.45, 2.75) is 50.7 Å². The van der Waals surface area contributed by atoms with Crippen LogP contribution in [-0.2, 0) is 18.9 Å². The number of nitrogens with zero attached hydrogens (tertiary/aromatic N) is 2. The maximum Gasteiger partial charge on any atom is 0.193 e. The lowest BCUT2D eigenvalue weighted by molar-refractivity contribution is -0.0721. The van der Waals surface area contributed by atoms with E-state index in [1.165, 1.54) is 12.8 Å². The van der Waals surface area contributed by atoms with Gasteiger partial charge in [-0.3, -0.25) is 4.99 Å². The van der Waals surface area contributed by atoms with E-state index in [1.54, 1.807) is 7.11 Å². The largest absolute Gasteiger partial charge is 0.382 e. The topological polar surface area (TPSA) is 64.6 Å². The first-order chi connectivity index (χ1) is 12.8. The fourth-order valence-electron chi connectivity index (χ4n) is 3.37. The quantitative estimate of drug-likeness (QED) is 0.216. The van der Waals surface area contributed by atoms with Crippen molar-refractivity contribution in [1.82, 2.24) is 10.2 Å². The molecule has 0 aliphatic carbocycles. The van der Waals surface area contributed by atoms with E-state index < -0.39 is 0 Å². The summed E-state index contributed by atoms with van der Waals surface area (Å²) >= 11 is 0. The van der Waals surface area contributed by atoms with Gasteiger partial charge in [0.1, 0.15) is 0 Å². The van der Waals surface area contributed by atoms with Crippen molar-refractivity contribution in [3.8, 4) is 0 Å². The van der Waals surface area contributed by atoms with Gasteiger partial charge in [-0.05, 0) is 38.5 Å². The molecule has 2 aliphatic heterocycles. The molecule has 2 saturated heterocycles. The van der Waals surface area contributed by atoms with Crippen LogP contribution in [0, 0.1) is 0 Å². The van der Waals surface area contributed by atoms with Gasteiger partial charge in [-0.15, -0.1) is 24.0 Å². The highest BCUT2D eigenvalue weighted by Crippen LogP contribution is 2.17. The van der Waals surface area contributed by atoms with Crippen molar-refractivity contribution in [1.29, 1.82) is 0 Å². The number of piperidine rings is 1. The van der Waals surface area contributed by atoms with E-state index in [0.29, 0.717) is 25.4 Å². The van der Waals surface area contributed by atoms with Crippen LogP contribution in [-0.4, -0.2) is 89.9 Å². The van der Waals surface area contributed by atoms with E-state index in [-0.39, 0.29) is 24.0 Å². The molecule has 0 aromatic carbocycles. The van der Waals surface area contributed by atoms with Crippen molar-refractivity contribution in [3.63, 3.8) is 0 Å². The zero-order chi connectivity index (χ0) is 18.5. The maximum absolute atomic E-state index is 6.09. The Morgan fingerprint density at radius 2 is 1.96 bits per heavy atom. The minimum Gasteiger partial charge on any atom is -0.382 e. The molecule has 2 fully saturated rings. The molecule has 1 unspecified atom stereocenters. The third-order valence-corrected chi connectivity index (χ3v) is 4.93. The van der Waals surface area contributed by atoms with E-state index in [0.717, 1.165) is 71.1 Å². The van der Waals surface area contributed by atoms with Crippen LogP contribution in [0.1, 0.15) is 38.5 Å². The van der Waals surface area contributed by atoms with E-state index in [1.807, 2.05) is 7.05 Å². The first-order valence-electron chi connectivity index (χ1n) is 10.1. The van der Waals surface area contributed by atoms with E-state index in [9.17, 15) is 0 Å². The molecule has 0 aromatic rings. The Balaban J connectivity index is 0.00000364. The Labute approximate surface area is 181 Å². The van der Waals surface area contributed by atoms with Gasteiger partial charge in [0.2, 0.25) is 0 Å². The third kappa shape index (κ3) is 10.3. The molecule has 0 spiro atoms. The number of rotatable bonds is 10. The second-order valence-corrected chi connectivity index (χ2v) is 6.94. The van der Waals surface area contributed by atoms with E-state index >= 15 is 0 Å². The number of ether oxygens (including phenoxy) is 4. The normalized spacial score (nSPS) is 21.8. The van der Waals surface area contributed by atoms with Crippen molar-refractivity contribution in [2.24, 2.45) is 4.99 Å². The molecule has 0 bridgehead atoms. The van der Waals surface area contributed by atoms with Gasteiger partial charge in [0.25, 0.3) is 0 Å². The van der Waals surface area contributed by atoms with Gasteiger partial charge in [-0.2, -0.15) is 0 Å². The molecular weight excluding hydrogens is 461 g/mol. The summed E-state index contributed by atoms with van der Waals surface area (Å²) in [6.07, 6.45) is 7.33. The predicted molar refractivity (Wildman–Crippen MR) is 118 cm³/mol. The fourth-order valence-corrected chi connectivity index (χ4v) is 3.37. The molecule has 2 rings (SSSR count). The first-order valence-corrected chi connectivity index (χ1v) is 10.1. The Bertz CT molecular complexity index is 387. The summed E-state index contributed by atoms with van der Waals surface area (Å²) in [4.78, 5) is 6.74. The van der Waals surface area contributed by atoms with Gasteiger partial charge in [0.05, 0.1) is 32.0 Å². The van der Waals surface area contributed by atoms with Crippen LogP contribution in [0.3, 0.4) is 0 Å². The van der Waals surface area contributed by atoms with Gasteiger partial charge >= 0.3 is 0 Å². The van der Waals surface area contributed by atoms with Gasteiger partial charge in [0, 0.05) is 47.0 Å². The zero-order valence-corrected chi connectivity index (χ0v) is 19.3. The highest BCUT2D eigenvalue weighted by molar-refractivity contribution is 14.0. The number of nitrogens with one attached hydrogen (secondary N) is 1. The summed E-state index contributed by atoms with van der Waals surface area (Å²) in [7, 11) is 3.54. The minimum atomic E-state index is 0. The molecule has 160 valence electrons. The Kier molecular flexibility index (Phi) is 14.5. The van der Waals surface area contributed by atoms with Crippen molar-refractivity contribution >= 4 is 29.9 Å². The van der Waals surface area contributed by atoms with Crippen molar-refractivity contribution < 1.29 is 18.9 Å². The summed E-state index contributed by atoms with van der Waals surface area (Å²) in [5.74, 6) is 0.982. The third-order valence-electron chi connectivity index (χ3n) is 4.93. The predicted octanol–water partition coefficient (Wildman–Crippen LogP) is 2.28. The Morgan fingerprint density at radius 3 is 2.63 bits per heavy atom. The molecule has 0 saturated carbocycles. The molecular formula is C19H38IN3O4. The number of likely N-dealkylation sites (tertiary alicyclic amines) is 1. The van der Waals surface area contributed by atoms with Crippen LogP contribution in [0.2, 0.25) is 0 Å². The average molecular weight is 499 g/mol. The number of hydrogen-bond donors (Lipinski definition) is 1.